The fourth-order valence-corrected chi connectivity index (χ4v) is 1.13. The molecule has 0 saturated carbocycles. The molecule has 0 spiro atoms. The van der Waals surface area contributed by atoms with Gasteiger partial charge in [-0.05, 0) is 25.1 Å². The number of rotatable bonds is 2. The lowest BCUT2D eigenvalue weighted by molar-refractivity contribution is -0.148. The Kier molecular flexibility index (Phi) is 4.32. The molecule has 0 radical (unpaired) electrons. The van der Waals surface area contributed by atoms with Gasteiger partial charge in [-0.25, -0.2) is 9.18 Å². The number of hydrogen-bond acceptors (Lipinski definition) is 2. The van der Waals surface area contributed by atoms with Crippen molar-refractivity contribution >= 4 is 11.7 Å². The first-order valence-electron chi connectivity index (χ1n) is 5.08. The summed E-state index contributed by atoms with van der Waals surface area (Å²) in [6.45, 7) is 0.783. The zero-order valence-electron chi connectivity index (χ0n) is 9.68. The maximum absolute atomic E-state index is 13.0. The van der Waals surface area contributed by atoms with Crippen LogP contribution in [0.25, 0.3) is 0 Å². The van der Waals surface area contributed by atoms with Gasteiger partial charge in [-0.1, -0.05) is 0 Å². The summed E-state index contributed by atoms with van der Waals surface area (Å²) in [7, 11) is 0. The van der Waals surface area contributed by atoms with E-state index >= 15 is 0 Å². The summed E-state index contributed by atoms with van der Waals surface area (Å²) >= 11 is 0. The monoisotopic (exact) mass is 275 g/mol. The van der Waals surface area contributed by atoms with Crippen molar-refractivity contribution < 1.29 is 22.4 Å². The number of nitriles is 1. The number of hydrogen-bond donors (Lipinski definition) is 2. The van der Waals surface area contributed by atoms with Gasteiger partial charge in [-0.15, -0.1) is 0 Å². The minimum atomic E-state index is -4.56. The molecule has 0 saturated heterocycles. The van der Waals surface area contributed by atoms with Gasteiger partial charge in [-0.3, -0.25) is 0 Å². The van der Waals surface area contributed by atoms with E-state index in [1.165, 1.54) is 0 Å². The maximum Gasteiger partial charge on any atom is 0.408 e. The molecule has 0 bridgehead atoms. The fourth-order valence-electron chi connectivity index (χ4n) is 1.13. The second-order valence-corrected chi connectivity index (χ2v) is 3.67. The molecule has 1 atom stereocenters. The molecule has 2 amide bonds. The summed E-state index contributed by atoms with van der Waals surface area (Å²) in [6, 6.07) is 1.51. The van der Waals surface area contributed by atoms with Crippen molar-refractivity contribution in [3.63, 3.8) is 0 Å². The fraction of sp³-hybridized carbons (Fsp3) is 0.273. The van der Waals surface area contributed by atoms with Gasteiger partial charge in [0.15, 0.2) is 0 Å². The molecule has 0 aromatic heterocycles. The van der Waals surface area contributed by atoms with E-state index in [4.69, 9.17) is 5.26 Å². The third-order valence-electron chi connectivity index (χ3n) is 2.18. The molecule has 0 aliphatic rings. The molecule has 19 heavy (non-hydrogen) atoms. The highest BCUT2D eigenvalue weighted by Gasteiger charge is 2.36. The molecule has 0 aliphatic heterocycles. The predicted molar refractivity (Wildman–Crippen MR) is 58.8 cm³/mol. The standard InChI is InChI=1S/C11H9F4N3O/c1-6(11(13,14)15)17-10(19)18-8-2-3-9(12)7(4-8)5-16/h2-4,6H,1H3,(H2,17,18,19)/t6-/m0/s1. The van der Waals surface area contributed by atoms with Crippen LogP contribution in [0.2, 0.25) is 0 Å². The van der Waals surface area contributed by atoms with Crippen LogP contribution >= 0.6 is 0 Å². The molecule has 0 unspecified atom stereocenters. The molecule has 102 valence electrons. The van der Waals surface area contributed by atoms with Gasteiger partial charge in [0, 0.05) is 5.69 Å². The van der Waals surface area contributed by atoms with Crippen LogP contribution in [0.4, 0.5) is 28.0 Å². The lowest BCUT2D eigenvalue weighted by atomic mass is 10.2. The SMILES string of the molecule is C[C@H](NC(=O)Nc1ccc(F)c(C#N)c1)C(F)(F)F. The van der Waals surface area contributed by atoms with Crippen molar-refractivity contribution in [2.75, 3.05) is 5.32 Å². The molecule has 1 aromatic rings. The largest absolute Gasteiger partial charge is 0.408 e. The molecule has 2 N–H and O–H groups in total. The van der Waals surface area contributed by atoms with Crippen molar-refractivity contribution in [1.82, 2.24) is 5.32 Å². The number of halogens is 4. The Balaban J connectivity index is 2.71. The summed E-state index contributed by atoms with van der Waals surface area (Å²) in [4.78, 5) is 11.3. The summed E-state index contributed by atoms with van der Waals surface area (Å²) in [5.74, 6) is -0.780. The highest BCUT2D eigenvalue weighted by Crippen LogP contribution is 2.19. The van der Waals surface area contributed by atoms with Gasteiger partial charge in [-0.2, -0.15) is 18.4 Å². The second kappa shape index (κ2) is 5.56. The van der Waals surface area contributed by atoms with Crippen molar-refractivity contribution in [1.29, 1.82) is 5.26 Å². The van der Waals surface area contributed by atoms with Crippen LogP contribution in [0.5, 0.6) is 0 Å². The van der Waals surface area contributed by atoms with E-state index < -0.39 is 24.1 Å². The molecular formula is C11H9F4N3O. The van der Waals surface area contributed by atoms with E-state index in [2.05, 4.69) is 5.32 Å². The van der Waals surface area contributed by atoms with Gasteiger partial charge in [0.05, 0.1) is 5.56 Å². The van der Waals surface area contributed by atoms with Gasteiger partial charge in [0.2, 0.25) is 0 Å². The Morgan fingerprint density at radius 1 is 1.42 bits per heavy atom. The van der Waals surface area contributed by atoms with Gasteiger partial charge in [0.1, 0.15) is 17.9 Å². The van der Waals surface area contributed by atoms with Crippen LogP contribution in [0, 0.1) is 17.1 Å². The number of benzene rings is 1. The Bertz CT molecular complexity index is 522. The zero-order chi connectivity index (χ0) is 14.6. The number of carbonyl (C=O) groups is 1. The maximum atomic E-state index is 13.0. The summed E-state index contributed by atoms with van der Waals surface area (Å²) in [6.07, 6.45) is -4.56. The van der Waals surface area contributed by atoms with Gasteiger partial charge >= 0.3 is 12.2 Å². The van der Waals surface area contributed by atoms with Crippen molar-refractivity contribution in [2.24, 2.45) is 0 Å². The van der Waals surface area contributed by atoms with Crippen molar-refractivity contribution in [2.45, 2.75) is 19.1 Å². The quantitative estimate of drug-likeness (QED) is 0.815. The van der Waals surface area contributed by atoms with Crippen LogP contribution in [0.1, 0.15) is 12.5 Å². The normalized spacial score (nSPS) is 12.4. The van der Waals surface area contributed by atoms with Crippen LogP contribution in [-0.4, -0.2) is 18.2 Å². The minimum absolute atomic E-state index is 0.0184. The first kappa shape index (κ1) is 14.8. The second-order valence-electron chi connectivity index (χ2n) is 3.67. The molecule has 8 heteroatoms. The van der Waals surface area contributed by atoms with E-state index in [1.54, 1.807) is 11.4 Å². The number of alkyl halides is 3. The van der Waals surface area contributed by atoms with E-state index in [1.807, 2.05) is 0 Å². The lowest BCUT2D eigenvalue weighted by Gasteiger charge is -2.17. The average Bonchev–Trinajstić information content (AvgIpc) is 2.30. The molecule has 0 heterocycles. The van der Waals surface area contributed by atoms with Gasteiger partial charge < -0.3 is 10.6 Å². The van der Waals surface area contributed by atoms with Crippen LogP contribution < -0.4 is 10.6 Å². The topological polar surface area (TPSA) is 64.9 Å². The summed E-state index contributed by atoms with van der Waals surface area (Å²) < 4.78 is 49.5. The highest BCUT2D eigenvalue weighted by atomic mass is 19.4. The Morgan fingerprint density at radius 2 is 2.05 bits per heavy atom. The smallest absolute Gasteiger partial charge is 0.326 e. The zero-order valence-corrected chi connectivity index (χ0v) is 9.68. The molecule has 1 rings (SSSR count). The molecule has 0 aliphatic carbocycles. The van der Waals surface area contributed by atoms with E-state index in [0.29, 0.717) is 0 Å². The third kappa shape index (κ3) is 4.13. The molecule has 0 fully saturated rings. The number of nitrogens with one attached hydrogen (secondary N) is 2. The first-order valence-corrected chi connectivity index (χ1v) is 5.08. The molecule has 1 aromatic carbocycles. The van der Waals surface area contributed by atoms with E-state index in [9.17, 15) is 22.4 Å². The average molecular weight is 275 g/mol. The van der Waals surface area contributed by atoms with Crippen molar-refractivity contribution in [3.05, 3.63) is 29.6 Å². The van der Waals surface area contributed by atoms with Crippen LogP contribution in [0.15, 0.2) is 18.2 Å². The predicted octanol–water partition coefficient (Wildman–Crippen LogP) is 2.77. The van der Waals surface area contributed by atoms with E-state index in [-0.39, 0.29) is 11.3 Å². The molecular weight excluding hydrogens is 266 g/mol. The number of carbonyl (C=O) groups excluding carboxylic acids is 1. The van der Waals surface area contributed by atoms with Crippen LogP contribution in [-0.2, 0) is 0 Å². The van der Waals surface area contributed by atoms with Crippen molar-refractivity contribution in [3.8, 4) is 6.07 Å². The highest BCUT2D eigenvalue weighted by molar-refractivity contribution is 5.89. The van der Waals surface area contributed by atoms with E-state index in [0.717, 1.165) is 25.1 Å². The third-order valence-corrected chi connectivity index (χ3v) is 2.18. The number of amides is 2. The number of anilines is 1. The first-order chi connectivity index (χ1) is 8.74. The lowest BCUT2D eigenvalue weighted by Crippen LogP contribution is -2.44. The van der Waals surface area contributed by atoms with Gasteiger partial charge in [0.25, 0.3) is 0 Å². The summed E-state index contributed by atoms with van der Waals surface area (Å²) in [5, 5.41) is 12.3. The van der Waals surface area contributed by atoms with Crippen LogP contribution in [0.3, 0.4) is 0 Å². The Labute approximate surface area is 106 Å². The molecule has 4 nitrogen and oxygen atoms in total. The summed E-state index contributed by atoms with van der Waals surface area (Å²) in [5.41, 5.74) is -0.300. The Morgan fingerprint density at radius 3 is 2.58 bits per heavy atom. The Hall–Kier alpha value is -2.30. The minimum Gasteiger partial charge on any atom is -0.326 e. The number of urea groups is 1. The number of nitrogens with zero attached hydrogens (tertiary/aromatic N) is 1.